The molecule has 0 aliphatic rings. The molecule has 0 aliphatic heterocycles. The predicted octanol–water partition coefficient (Wildman–Crippen LogP) is 2.08. The first-order chi connectivity index (χ1) is 12.0. The normalized spacial score (nSPS) is 12.0. The second-order valence-corrected chi connectivity index (χ2v) is 5.71. The van der Waals surface area contributed by atoms with Crippen molar-refractivity contribution in [2.75, 3.05) is 0 Å². The first-order valence-corrected chi connectivity index (χ1v) is 7.70. The van der Waals surface area contributed by atoms with Gasteiger partial charge in [0, 0.05) is 30.7 Å². The summed E-state index contributed by atoms with van der Waals surface area (Å²) in [5.74, 6) is -0.604. The number of amides is 1. The molecule has 128 valence electrons. The Morgan fingerprint density at radius 3 is 2.68 bits per heavy atom. The summed E-state index contributed by atoms with van der Waals surface area (Å²) in [6, 6.07) is 8.40. The summed E-state index contributed by atoms with van der Waals surface area (Å²) < 4.78 is 16.0. The quantitative estimate of drug-likeness (QED) is 0.763. The summed E-state index contributed by atoms with van der Waals surface area (Å²) in [6.07, 6.45) is 3.27. The zero-order chi connectivity index (χ0) is 18.0. The molecular weight excluding hydrogens is 323 g/mol. The summed E-state index contributed by atoms with van der Waals surface area (Å²) in [6.45, 7) is 1.72. The van der Waals surface area contributed by atoms with Crippen molar-refractivity contribution in [1.82, 2.24) is 19.9 Å². The zero-order valence-electron chi connectivity index (χ0n) is 13.8. The summed E-state index contributed by atoms with van der Waals surface area (Å²) in [7, 11) is 1.75. The molecule has 0 bridgehead atoms. The maximum Gasteiger partial charge on any atom is 0.260 e. The van der Waals surface area contributed by atoms with Gasteiger partial charge in [0.2, 0.25) is 0 Å². The molecule has 2 N–H and O–H groups in total. The third kappa shape index (κ3) is 3.35. The van der Waals surface area contributed by atoms with Crippen LogP contribution >= 0.6 is 0 Å². The van der Waals surface area contributed by atoms with E-state index < -0.39 is 23.3 Å². The number of H-pyrrole nitrogens is 1. The number of nitrogens with zero attached hydrogens (tertiary/aromatic N) is 2. The summed E-state index contributed by atoms with van der Waals surface area (Å²) in [5, 5.41) is 2.71. The molecule has 6 nitrogen and oxygen atoms in total. The Balaban J connectivity index is 2.01. The van der Waals surface area contributed by atoms with Crippen molar-refractivity contribution in [3.63, 3.8) is 0 Å². The van der Waals surface area contributed by atoms with E-state index in [4.69, 9.17) is 0 Å². The molecule has 0 spiro atoms. The third-order valence-electron chi connectivity index (χ3n) is 3.91. The lowest BCUT2D eigenvalue weighted by Crippen LogP contribution is -2.35. The highest BCUT2D eigenvalue weighted by atomic mass is 19.1. The molecule has 0 radical (unpaired) electrons. The largest absolute Gasteiger partial charge is 0.338 e. The number of benzene rings is 1. The maximum atomic E-state index is 14.3. The fourth-order valence-corrected chi connectivity index (χ4v) is 2.61. The Bertz CT molecular complexity index is 977. The van der Waals surface area contributed by atoms with Gasteiger partial charge in [-0.05, 0) is 25.1 Å². The molecule has 2 aromatic heterocycles. The zero-order valence-corrected chi connectivity index (χ0v) is 13.8. The van der Waals surface area contributed by atoms with Gasteiger partial charge < -0.3 is 14.9 Å². The van der Waals surface area contributed by atoms with Crippen molar-refractivity contribution < 1.29 is 9.18 Å². The van der Waals surface area contributed by atoms with E-state index in [1.807, 2.05) is 0 Å². The van der Waals surface area contributed by atoms with Crippen LogP contribution in [0.5, 0.6) is 0 Å². The minimum atomic E-state index is -0.825. The topological polar surface area (TPSA) is 79.8 Å². The van der Waals surface area contributed by atoms with Crippen molar-refractivity contribution >= 4 is 5.91 Å². The molecule has 1 aromatic carbocycles. The van der Waals surface area contributed by atoms with E-state index in [0.29, 0.717) is 11.5 Å². The number of halogens is 1. The van der Waals surface area contributed by atoms with Crippen LogP contribution in [0.4, 0.5) is 4.39 Å². The number of hydrogen-bond donors (Lipinski definition) is 2. The molecule has 0 unspecified atom stereocenters. The third-order valence-corrected chi connectivity index (χ3v) is 3.91. The van der Waals surface area contributed by atoms with Crippen molar-refractivity contribution in [3.8, 4) is 0 Å². The van der Waals surface area contributed by atoms with Crippen molar-refractivity contribution in [3.05, 3.63) is 87.6 Å². The number of hydrogen-bond acceptors (Lipinski definition) is 3. The predicted molar refractivity (Wildman–Crippen MR) is 90.7 cm³/mol. The van der Waals surface area contributed by atoms with E-state index in [1.54, 1.807) is 55.2 Å². The number of imidazole rings is 1. The molecule has 0 fully saturated rings. The monoisotopic (exact) mass is 340 g/mol. The summed E-state index contributed by atoms with van der Waals surface area (Å²) in [4.78, 5) is 31.4. The first-order valence-electron chi connectivity index (χ1n) is 7.70. The van der Waals surface area contributed by atoms with Gasteiger partial charge in [-0.3, -0.25) is 9.59 Å². The lowest BCUT2D eigenvalue weighted by molar-refractivity contribution is 0.0939. The molecule has 0 saturated carbocycles. The van der Waals surface area contributed by atoms with Gasteiger partial charge >= 0.3 is 0 Å². The first kappa shape index (κ1) is 16.6. The molecule has 2 heterocycles. The molecule has 3 aromatic rings. The van der Waals surface area contributed by atoms with Crippen LogP contribution < -0.4 is 10.9 Å². The van der Waals surface area contributed by atoms with Crippen LogP contribution in [-0.4, -0.2) is 20.4 Å². The number of carbonyl (C=O) groups excluding carboxylic acids is 1. The maximum absolute atomic E-state index is 14.3. The Hall–Kier alpha value is -3.22. The lowest BCUT2D eigenvalue weighted by atomic mass is 10.0. The number of rotatable bonds is 4. The number of aromatic amines is 1. The van der Waals surface area contributed by atoms with Gasteiger partial charge in [-0.1, -0.05) is 18.2 Å². The summed E-state index contributed by atoms with van der Waals surface area (Å²) >= 11 is 0. The molecular formula is C18H17FN4O2. The highest BCUT2D eigenvalue weighted by molar-refractivity contribution is 5.94. The van der Waals surface area contributed by atoms with Crippen LogP contribution in [0.1, 0.15) is 33.5 Å². The Labute approximate surface area is 143 Å². The average Bonchev–Trinajstić information content (AvgIpc) is 2.99. The minimum Gasteiger partial charge on any atom is -0.338 e. The second kappa shape index (κ2) is 6.72. The Morgan fingerprint density at radius 1 is 1.28 bits per heavy atom. The number of nitrogens with one attached hydrogen (secondary N) is 2. The van der Waals surface area contributed by atoms with E-state index in [1.165, 1.54) is 12.1 Å². The molecule has 25 heavy (non-hydrogen) atoms. The van der Waals surface area contributed by atoms with Crippen LogP contribution in [0.25, 0.3) is 0 Å². The van der Waals surface area contributed by atoms with Crippen LogP contribution in [0.3, 0.4) is 0 Å². The highest BCUT2D eigenvalue weighted by Gasteiger charge is 2.24. The fourth-order valence-electron chi connectivity index (χ4n) is 2.61. The van der Waals surface area contributed by atoms with Gasteiger partial charge in [0.25, 0.3) is 11.5 Å². The number of aromatic nitrogens is 3. The SMILES string of the molecule is Cc1ccc(C(=O)N[C@H](c2ccccc2F)c2nccn2C)c(=O)[nH]1. The standard InChI is InChI=1S/C18H17FN4O2/c1-11-7-8-13(17(24)21-11)18(25)22-15(16-20-9-10-23(16)2)12-5-3-4-6-14(12)19/h3-10,15H,1-2H3,(H,21,24)(H,22,25)/t15-/m1/s1. The van der Waals surface area contributed by atoms with Crippen LogP contribution in [0, 0.1) is 12.7 Å². The van der Waals surface area contributed by atoms with Gasteiger partial charge in [0.05, 0.1) is 0 Å². The van der Waals surface area contributed by atoms with Crippen molar-refractivity contribution in [2.24, 2.45) is 7.05 Å². The van der Waals surface area contributed by atoms with Gasteiger partial charge in [0.1, 0.15) is 23.2 Å². The lowest BCUT2D eigenvalue weighted by Gasteiger charge is -2.19. The van der Waals surface area contributed by atoms with Gasteiger partial charge in [-0.2, -0.15) is 0 Å². The van der Waals surface area contributed by atoms with Crippen LogP contribution in [0.2, 0.25) is 0 Å². The van der Waals surface area contributed by atoms with Crippen molar-refractivity contribution in [2.45, 2.75) is 13.0 Å². The molecule has 0 aliphatic carbocycles. The smallest absolute Gasteiger partial charge is 0.260 e. The molecule has 0 saturated heterocycles. The Morgan fingerprint density at radius 2 is 2.04 bits per heavy atom. The highest BCUT2D eigenvalue weighted by Crippen LogP contribution is 2.23. The van der Waals surface area contributed by atoms with E-state index in [2.05, 4.69) is 15.3 Å². The van der Waals surface area contributed by atoms with Crippen LogP contribution in [0.15, 0.2) is 53.6 Å². The van der Waals surface area contributed by atoms with Crippen LogP contribution in [-0.2, 0) is 7.05 Å². The molecule has 1 atom stereocenters. The van der Waals surface area contributed by atoms with E-state index in [0.717, 1.165) is 0 Å². The van der Waals surface area contributed by atoms with E-state index >= 15 is 0 Å². The Kier molecular flexibility index (Phi) is 4.47. The number of pyridine rings is 1. The minimum absolute atomic E-state index is 0.0406. The molecule has 1 amide bonds. The van der Waals surface area contributed by atoms with Crippen molar-refractivity contribution in [1.29, 1.82) is 0 Å². The average molecular weight is 340 g/mol. The summed E-state index contributed by atoms with van der Waals surface area (Å²) in [5.41, 5.74) is 0.385. The van der Waals surface area contributed by atoms with Gasteiger partial charge in [0.15, 0.2) is 0 Å². The molecule has 7 heteroatoms. The second-order valence-electron chi connectivity index (χ2n) is 5.71. The van der Waals surface area contributed by atoms with Gasteiger partial charge in [-0.25, -0.2) is 9.37 Å². The number of aryl methyl sites for hydroxylation is 2. The van der Waals surface area contributed by atoms with E-state index in [9.17, 15) is 14.0 Å². The number of carbonyl (C=O) groups is 1. The molecule has 3 rings (SSSR count). The fraction of sp³-hybridized carbons (Fsp3) is 0.167. The van der Waals surface area contributed by atoms with Gasteiger partial charge in [-0.15, -0.1) is 0 Å². The van der Waals surface area contributed by atoms with E-state index in [-0.39, 0.29) is 11.1 Å².